The van der Waals surface area contributed by atoms with E-state index in [1.165, 1.54) is 7.11 Å². The Bertz CT molecular complexity index is 630. The molecule has 1 aromatic rings. The molecule has 0 aromatic heterocycles. The fourth-order valence-corrected chi connectivity index (χ4v) is 4.04. The molecule has 0 unspecified atom stereocenters. The van der Waals surface area contributed by atoms with Gasteiger partial charge in [0.25, 0.3) is 0 Å². The summed E-state index contributed by atoms with van der Waals surface area (Å²) < 4.78 is 16.2. The van der Waals surface area contributed by atoms with Gasteiger partial charge in [-0.15, -0.1) is 0 Å². The normalized spacial score (nSPS) is 23.1. The number of piperazine rings is 1. The lowest BCUT2D eigenvalue weighted by atomic mass is 10.0. The zero-order chi connectivity index (χ0) is 20.6. The lowest BCUT2D eigenvalue weighted by molar-refractivity contribution is -0.148. The van der Waals surface area contributed by atoms with Crippen LogP contribution in [0.15, 0.2) is 24.3 Å². The van der Waals surface area contributed by atoms with Crippen LogP contribution < -0.4 is 0 Å². The van der Waals surface area contributed by atoms with Gasteiger partial charge in [-0.25, -0.2) is 4.79 Å². The minimum absolute atomic E-state index is 0.175. The first kappa shape index (κ1) is 22.5. The summed E-state index contributed by atoms with van der Waals surface area (Å²) in [5.74, 6) is -0.275. The topological polar surface area (TPSA) is 71.5 Å². The molecular formula is C21H31ClN2O5. The summed E-state index contributed by atoms with van der Waals surface area (Å²) >= 11 is 5.98. The van der Waals surface area contributed by atoms with Crippen molar-refractivity contribution in [2.75, 3.05) is 59.7 Å². The van der Waals surface area contributed by atoms with Crippen molar-refractivity contribution in [3.8, 4) is 0 Å². The summed E-state index contributed by atoms with van der Waals surface area (Å²) in [4.78, 5) is 16.7. The van der Waals surface area contributed by atoms with Gasteiger partial charge in [-0.1, -0.05) is 23.7 Å². The molecule has 2 aliphatic rings. The van der Waals surface area contributed by atoms with Crippen LogP contribution in [-0.2, 0) is 19.0 Å². The molecule has 2 fully saturated rings. The number of hydrogen-bond donors (Lipinski definition) is 1. The van der Waals surface area contributed by atoms with Gasteiger partial charge < -0.3 is 19.3 Å². The van der Waals surface area contributed by atoms with Gasteiger partial charge in [-0.3, -0.25) is 9.80 Å². The SMILES string of the molecule is COC(=O)[C@H](c1ccc(Cl)cc1)N1CCN(C[C@H](O)COC[C@H]2CCCO2)CC1. The Balaban J connectivity index is 1.45. The fourth-order valence-electron chi connectivity index (χ4n) is 3.92. The molecule has 162 valence electrons. The van der Waals surface area contributed by atoms with Gasteiger partial charge in [0.2, 0.25) is 0 Å². The second-order valence-electron chi connectivity index (χ2n) is 7.64. The Morgan fingerprint density at radius 3 is 2.62 bits per heavy atom. The number of nitrogens with zero attached hydrogens (tertiary/aromatic N) is 2. The molecule has 8 heteroatoms. The maximum absolute atomic E-state index is 12.4. The molecule has 1 aromatic carbocycles. The van der Waals surface area contributed by atoms with E-state index in [9.17, 15) is 9.90 Å². The van der Waals surface area contributed by atoms with Crippen molar-refractivity contribution in [1.82, 2.24) is 9.80 Å². The van der Waals surface area contributed by atoms with Crippen LogP contribution in [0.4, 0.5) is 0 Å². The number of methoxy groups -OCH3 is 1. The smallest absolute Gasteiger partial charge is 0.327 e. The van der Waals surface area contributed by atoms with Crippen molar-refractivity contribution in [1.29, 1.82) is 0 Å². The van der Waals surface area contributed by atoms with E-state index in [1.807, 2.05) is 12.1 Å². The molecule has 3 rings (SSSR count). The summed E-state index contributed by atoms with van der Waals surface area (Å²) in [6.45, 7) is 5.19. The predicted octanol–water partition coefficient (Wildman–Crippen LogP) is 1.73. The third-order valence-corrected chi connectivity index (χ3v) is 5.74. The molecule has 29 heavy (non-hydrogen) atoms. The van der Waals surface area contributed by atoms with Crippen molar-refractivity contribution in [3.63, 3.8) is 0 Å². The van der Waals surface area contributed by atoms with Crippen LogP contribution in [0.3, 0.4) is 0 Å². The third-order valence-electron chi connectivity index (χ3n) is 5.49. The molecule has 1 N–H and O–H groups in total. The first-order valence-electron chi connectivity index (χ1n) is 10.2. The van der Waals surface area contributed by atoms with Crippen LogP contribution in [0.2, 0.25) is 5.02 Å². The Kier molecular flexibility index (Phi) is 8.71. The number of esters is 1. The van der Waals surface area contributed by atoms with Crippen LogP contribution in [-0.4, -0.2) is 92.7 Å². The average Bonchev–Trinajstić information content (AvgIpc) is 3.24. The Morgan fingerprint density at radius 1 is 1.28 bits per heavy atom. The third kappa shape index (κ3) is 6.64. The number of halogens is 1. The summed E-state index contributed by atoms with van der Waals surface area (Å²) in [7, 11) is 1.41. The second-order valence-corrected chi connectivity index (χ2v) is 8.08. The van der Waals surface area contributed by atoms with Gasteiger partial charge in [0.05, 0.1) is 32.5 Å². The van der Waals surface area contributed by atoms with E-state index in [4.69, 9.17) is 25.8 Å². The van der Waals surface area contributed by atoms with E-state index >= 15 is 0 Å². The Labute approximate surface area is 177 Å². The van der Waals surface area contributed by atoms with E-state index in [-0.39, 0.29) is 12.1 Å². The monoisotopic (exact) mass is 426 g/mol. The average molecular weight is 427 g/mol. The van der Waals surface area contributed by atoms with Crippen LogP contribution in [0.25, 0.3) is 0 Å². The minimum Gasteiger partial charge on any atom is -0.468 e. The predicted molar refractivity (Wildman–Crippen MR) is 110 cm³/mol. The molecule has 2 saturated heterocycles. The first-order chi connectivity index (χ1) is 14.1. The molecule has 3 atom stereocenters. The Hall–Kier alpha value is -1.22. The summed E-state index contributed by atoms with van der Waals surface area (Å²) in [5.41, 5.74) is 0.872. The van der Waals surface area contributed by atoms with Crippen LogP contribution >= 0.6 is 11.6 Å². The molecule has 2 aliphatic heterocycles. The van der Waals surface area contributed by atoms with Crippen LogP contribution in [0, 0.1) is 0 Å². The van der Waals surface area contributed by atoms with Crippen molar-refractivity contribution in [3.05, 3.63) is 34.9 Å². The molecular weight excluding hydrogens is 396 g/mol. The van der Waals surface area contributed by atoms with Gasteiger partial charge in [0.1, 0.15) is 6.04 Å². The molecule has 0 saturated carbocycles. The summed E-state index contributed by atoms with van der Waals surface area (Å²) in [6, 6.07) is 6.86. The number of hydrogen-bond acceptors (Lipinski definition) is 7. The van der Waals surface area contributed by atoms with Gasteiger partial charge in [-0.2, -0.15) is 0 Å². The first-order valence-corrected chi connectivity index (χ1v) is 10.6. The summed E-state index contributed by atoms with van der Waals surface area (Å²) in [5, 5.41) is 10.9. The molecule has 0 bridgehead atoms. The van der Waals surface area contributed by atoms with E-state index < -0.39 is 12.1 Å². The summed E-state index contributed by atoms with van der Waals surface area (Å²) in [6.07, 6.45) is 1.76. The van der Waals surface area contributed by atoms with E-state index in [2.05, 4.69) is 9.80 Å². The number of ether oxygens (including phenoxy) is 3. The van der Waals surface area contributed by atoms with Crippen molar-refractivity contribution < 1.29 is 24.1 Å². The molecule has 0 aliphatic carbocycles. The molecule has 0 radical (unpaired) electrons. The standard InChI is InChI=1S/C21H31ClN2O5/c1-27-21(26)20(16-4-6-17(22)7-5-16)24-10-8-23(9-11-24)13-18(25)14-28-15-19-3-2-12-29-19/h4-7,18-20,25H,2-3,8-15H2,1H3/t18-,19+,20-/m0/s1. The van der Waals surface area contributed by atoms with Crippen LogP contribution in [0.1, 0.15) is 24.4 Å². The zero-order valence-electron chi connectivity index (χ0n) is 17.0. The van der Waals surface area contributed by atoms with Gasteiger partial charge in [-0.05, 0) is 30.5 Å². The van der Waals surface area contributed by atoms with Crippen molar-refractivity contribution in [2.24, 2.45) is 0 Å². The number of aliphatic hydroxyl groups excluding tert-OH is 1. The van der Waals surface area contributed by atoms with Gasteiger partial charge in [0, 0.05) is 44.4 Å². The lowest BCUT2D eigenvalue weighted by Crippen LogP contribution is -2.51. The quantitative estimate of drug-likeness (QED) is 0.603. The second kappa shape index (κ2) is 11.2. The number of carbonyl (C=O) groups excluding carboxylic acids is 1. The fraction of sp³-hybridized carbons (Fsp3) is 0.667. The van der Waals surface area contributed by atoms with Crippen molar-refractivity contribution >= 4 is 17.6 Å². The number of β-amino-alcohol motifs (C(OH)–C–C–N with tert-alkyl or cyclic N) is 1. The lowest BCUT2D eigenvalue weighted by Gasteiger charge is -2.38. The highest BCUT2D eigenvalue weighted by Crippen LogP contribution is 2.25. The highest BCUT2D eigenvalue weighted by atomic mass is 35.5. The minimum atomic E-state index is -0.532. The van der Waals surface area contributed by atoms with Gasteiger partial charge >= 0.3 is 5.97 Å². The number of rotatable bonds is 9. The van der Waals surface area contributed by atoms with Crippen LogP contribution in [0.5, 0.6) is 0 Å². The largest absolute Gasteiger partial charge is 0.468 e. The molecule has 0 spiro atoms. The highest BCUT2D eigenvalue weighted by molar-refractivity contribution is 6.30. The van der Waals surface area contributed by atoms with E-state index in [1.54, 1.807) is 12.1 Å². The molecule has 2 heterocycles. The molecule has 0 amide bonds. The number of aliphatic hydroxyl groups is 1. The van der Waals surface area contributed by atoms with E-state index in [0.29, 0.717) is 37.9 Å². The van der Waals surface area contributed by atoms with Gasteiger partial charge in [0.15, 0.2) is 0 Å². The highest BCUT2D eigenvalue weighted by Gasteiger charge is 2.31. The van der Waals surface area contributed by atoms with Crippen molar-refractivity contribution in [2.45, 2.75) is 31.1 Å². The maximum atomic E-state index is 12.4. The Morgan fingerprint density at radius 2 is 2.00 bits per heavy atom. The number of carbonyl (C=O) groups is 1. The van der Waals surface area contributed by atoms with E-state index in [0.717, 1.165) is 38.1 Å². The maximum Gasteiger partial charge on any atom is 0.327 e. The number of benzene rings is 1. The molecule has 7 nitrogen and oxygen atoms in total. The zero-order valence-corrected chi connectivity index (χ0v) is 17.7.